The number of hydrogen-bond acceptors (Lipinski definition) is 4. The summed E-state index contributed by atoms with van der Waals surface area (Å²) >= 11 is 3.59. The highest BCUT2D eigenvalue weighted by Gasteiger charge is 2.34. The van der Waals surface area contributed by atoms with Crippen LogP contribution in [0.1, 0.15) is 5.56 Å². The molecule has 0 saturated heterocycles. The largest absolute Gasteiger partial charge is 0.454 e. The van der Waals surface area contributed by atoms with Crippen molar-refractivity contribution in [3.63, 3.8) is 0 Å². The van der Waals surface area contributed by atoms with Crippen LogP contribution >= 0.6 is 22.7 Å². The van der Waals surface area contributed by atoms with E-state index in [0.29, 0.717) is 28.2 Å². The summed E-state index contributed by atoms with van der Waals surface area (Å²) in [6, 6.07) is 79.4. The van der Waals surface area contributed by atoms with Crippen LogP contribution in [0.4, 0.5) is 5.69 Å². The predicted octanol–water partition coefficient (Wildman–Crippen LogP) is 19.9. The molecule has 0 radical (unpaired) electrons. The van der Waals surface area contributed by atoms with Crippen LogP contribution in [0, 0.1) is 17.9 Å². The molecular weight excluding hydrogens is 953 g/mol. The average molecular weight is 989 g/mol. The van der Waals surface area contributed by atoms with Gasteiger partial charge in [0.1, 0.15) is 11.7 Å². The monoisotopic (exact) mass is 988 g/mol. The fourth-order valence-electron chi connectivity index (χ4n) is 12.3. The summed E-state index contributed by atoms with van der Waals surface area (Å²) in [7, 11) is 0. The summed E-state index contributed by atoms with van der Waals surface area (Å²) in [5.74, 6) is 0. The number of nitriles is 1. The van der Waals surface area contributed by atoms with E-state index in [1.807, 2.05) is 48.5 Å². The molecule has 0 amide bonds. The lowest BCUT2D eigenvalue weighted by molar-refractivity contribution is 0.671. The zero-order valence-corrected chi connectivity index (χ0v) is 41.4. The van der Waals surface area contributed by atoms with Crippen molar-refractivity contribution in [2.45, 2.75) is 0 Å². The van der Waals surface area contributed by atoms with E-state index in [-0.39, 0.29) is 0 Å². The molecule has 5 aromatic heterocycles. The van der Waals surface area contributed by atoms with E-state index in [2.05, 4.69) is 190 Å². The van der Waals surface area contributed by atoms with Gasteiger partial charge in [-0.25, -0.2) is 4.85 Å². The predicted molar refractivity (Wildman–Crippen MR) is 315 cm³/mol. The molecule has 0 N–H and O–H groups in total. The van der Waals surface area contributed by atoms with Gasteiger partial charge in [-0.3, -0.25) is 0 Å². The summed E-state index contributed by atoms with van der Waals surface area (Å²) in [6.45, 7) is 9.59. The van der Waals surface area contributed by atoms with E-state index in [9.17, 15) is 11.8 Å². The highest BCUT2D eigenvalue weighted by atomic mass is 32.1. The van der Waals surface area contributed by atoms with Gasteiger partial charge in [0.05, 0.1) is 55.0 Å². The molecule has 0 aliphatic heterocycles. The molecule has 16 rings (SSSR count). The number of hydrogen-bond donors (Lipinski definition) is 0. The Morgan fingerprint density at radius 1 is 0.440 bits per heavy atom. The van der Waals surface area contributed by atoms with Crippen LogP contribution in [0.25, 0.3) is 155 Å². The Hall–Kier alpha value is -9.76. The normalized spacial score (nSPS) is 12.0. The topological polar surface area (TPSA) is 51.1 Å². The first kappa shape index (κ1) is 41.8. The third-order valence-electron chi connectivity index (χ3n) is 15.4. The number of benzene rings is 11. The Bertz CT molecular complexity index is 5070. The van der Waals surface area contributed by atoms with E-state index >= 15 is 0 Å². The Kier molecular flexibility index (Phi) is 8.85. The SMILES string of the molecule is [C-]#[N+]c1c(-c2ccccc2)c(C#N)c(-n2c3ccccc3c3cc(-c4ccccc4)c4c5ccccc5oc4c32)c(-c2ccccc2)c1-n1c2c(ccc3c4ccccc4sc32)c2ccc3c4ccccc4sc3c21. The van der Waals surface area contributed by atoms with Gasteiger partial charge < -0.3 is 13.6 Å². The summed E-state index contributed by atoms with van der Waals surface area (Å²) in [5, 5.41) is 23.1. The molecule has 5 heterocycles. The van der Waals surface area contributed by atoms with Gasteiger partial charge in [0.2, 0.25) is 5.69 Å². The number of nitrogens with zero attached hydrogens (tertiary/aromatic N) is 4. The fraction of sp³-hybridized carbons (Fsp3) is 0. The lowest BCUT2D eigenvalue weighted by Crippen LogP contribution is -2.09. The van der Waals surface area contributed by atoms with Crippen LogP contribution < -0.4 is 0 Å². The molecule has 11 aromatic carbocycles. The number of aromatic nitrogens is 2. The number of rotatable bonds is 5. The van der Waals surface area contributed by atoms with E-state index in [4.69, 9.17) is 4.42 Å². The number of fused-ring (bicyclic) bond motifs is 18. The van der Waals surface area contributed by atoms with Gasteiger partial charge in [0, 0.05) is 74.4 Å². The Labute approximate surface area is 436 Å². The smallest absolute Gasteiger partial charge is 0.220 e. The Morgan fingerprint density at radius 2 is 0.947 bits per heavy atom. The van der Waals surface area contributed by atoms with Crippen molar-refractivity contribution in [1.82, 2.24) is 9.13 Å². The average Bonchev–Trinajstić information content (AvgIpc) is 4.43. The summed E-state index contributed by atoms with van der Waals surface area (Å²) in [6.07, 6.45) is 0. The third-order valence-corrected chi connectivity index (χ3v) is 17.7. The molecule has 346 valence electrons. The number of thiophene rings is 2. The minimum Gasteiger partial charge on any atom is -0.454 e. The van der Waals surface area contributed by atoms with Crippen molar-refractivity contribution in [3.05, 3.63) is 235 Å². The van der Waals surface area contributed by atoms with Crippen molar-refractivity contribution in [1.29, 1.82) is 5.26 Å². The van der Waals surface area contributed by atoms with Crippen LogP contribution in [0.2, 0.25) is 0 Å². The standard InChI is InChI=1S/C68H36N4OS2/c1-70-60-57(40-21-7-3-8-22-40)52(38-69)61(71-53-29-15-11-25-42(53)51-37-50(39-19-5-2-6-20-39)59-49-28-12-16-30-54(49)73-66(59)62(51)71)58(41-23-9-4-10-24-41)65(60)72-63-45(33-35-47-43-26-13-17-31-55(43)74-67(47)63)46-34-36-48-44-27-14-18-32-56(44)75-68(48)64(46)72/h2-37H. The van der Waals surface area contributed by atoms with Crippen LogP contribution in [0.15, 0.2) is 223 Å². The van der Waals surface area contributed by atoms with Gasteiger partial charge >= 0.3 is 0 Å². The van der Waals surface area contributed by atoms with Gasteiger partial charge in [-0.05, 0) is 52.6 Å². The maximum Gasteiger partial charge on any atom is 0.220 e. The van der Waals surface area contributed by atoms with E-state index < -0.39 is 0 Å². The molecule has 0 unspecified atom stereocenters. The lowest BCUT2D eigenvalue weighted by Gasteiger charge is -2.26. The minimum atomic E-state index is 0.397. The Balaban J connectivity index is 1.21. The zero-order valence-electron chi connectivity index (χ0n) is 39.8. The van der Waals surface area contributed by atoms with Crippen LogP contribution in [-0.4, -0.2) is 9.13 Å². The molecule has 0 aliphatic rings. The van der Waals surface area contributed by atoms with Crippen molar-refractivity contribution in [2.24, 2.45) is 0 Å². The molecule has 0 atom stereocenters. The van der Waals surface area contributed by atoms with Crippen molar-refractivity contribution in [3.8, 4) is 50.8 Å². The number of para-hydroxylation sites is 2. The van der Waals surface area contributed by atoms with Crippen molar-refractivity contribution < 1.29 is 4.42 Å². The minimum absolute atomic E-state index is 0.397. The van der Waals surface area contributed by atoms with Gasteiger partial charge in [-0.2, -0.15) is 5.26 Å². The van der Waals surface area contributed by atoms with Gasteiger partial charge in [0.25, 0.3) is 0 Å². The van der Waals surface area contributed by atoms with E-state index in [0.717, 1.165) is 114 Å². The molecular formula is C68H36N4OS2. The maximum atomic E-state index is 12.2. The van der Waals surface area contributed by atoms with Gasteiger partial charge in [-0.15, -0.1) is 22.7 Å². The fourth-order valence-corrected chi connectivity index (χ4v) is 14.8. The third kappa shape index (κ3) is 5.74. The zero-order chi connectivity index (χ0) is 49.5. The highest BCUT2D eigenvalue weighted by molar-refractivity contribution is 7.27. The van der Waals surface area contributed by atoms with Crippen molar-refractivity contribution >= 4 is 134 Å². The summed E-state index contributed by atoms with van der Waals surface area (Å²) in [4.78, 5) is 4.68. The second-order valence-corrected chi connectivity index (χ2v) is 21.3. The summed E-state index contributed by atoms with van der Waals surface area (Å²) < 4.78 is 16.6. The van der Waals surface area contributed by atoms with Crippen molar-refractivity contribution in [2.75, 3.05) is 0 Å². The molecule has 16 aromatic rings. The summed E-state index contributed by atoms with van der Waals surface area (Å²) in [5.41, 5.74) is 12.6. The molecule has 0 spiro atoms. The molecule has 5 nitrogen and oxygen atoms in total. The van der Waals surface area contributed by atoms with Gasteiger partial charge in [0.15, 0.2) is 5.58 Å². The van der Waals surface area contributed by atoms with Crippen LogP contribution in [-0.2, 0) is 0 Å². The molecule has 0 bridgehead atoms. The second kappa shape index (κ2) is 15.9. The number of furan rings is 1. The first-order valence-electron chi connectivity index (χ1n) is 24.9. The molecule has 0 aliphatic carbocycles. The lowest BCUT2D eigenvalue weighted by atomic mass is 9.88. The second-order valence-electron chi connectivity index (χ2n) is 19.2. The molecule has 7 heteroatoms. The van der Waals surface area contributed by atoms with Crippen LogP contribution in [0.5, 0.6) is 0 Å². The quantitative estimate of drug-likeness (QED) is 0.161. The first-order chi connectivity index (χ1) is 37.2. The van der Waals surface area contributed by atoms with E-state index in [1.165, 1.54) is 20.2 Å². The first-order valence-corrected chi connectivity index (χ1v) is 26.6. The van der Waals surface area contributed by atoms with Gasteiger partial charge in [-0.1, -0.05) is 188 Å². The molecule has 75 heavy (non-hydrogen) atoms. The molecule has 0 fully saturated rings. The van der Waals surface area contributed by atoms with Crippen LogP contribution in [0.3, 0.4) is 0 Å². The van der Waals surface area contributed by atoms with E-state index in [1.54, 1.807) is 22.7 Å². The highest BCUT2D eigenvalue weighted by Crippen LogP contribution is 2.56. The molecule has 0 saturated carbocycles. The Morgan fingerprint density at radius 3 is 1.55 bits per heavy atom. The maximum absolute atomic E-state index is 12.2.